The summed E-state index contributed by atoms with van der Waals surface area (Å²) in [5.74, 6) is 0.0719. The lowest BCUT2D eigenvalue weighted by Crippen LogP contribution is -2.52. The topological polar surface area (TPSA) is 35.6 Å². The van der Waals surface area contributed by atoms with Gasteiger partial charge in [-0.05, 0) is 62.6 Å². The van der Waals surface area contributed by atoms with Crippen LogP contribution in [-0.2, 0) is 4.79 Å². The molecule has 1 unspecified atom stereocenters. The fraction of sp³-hybridized carbons (Fsp3) is 0.409. The Morgan fingerprint density at radius 1 is 0.962 bits per heavy atom. The zero-order valence-corrected chi connectivity index (χ0v) is 16.2. The number of rotatable bonds is 4. The molecule has 138 valence electrons. The number of hydrogen-bond acceptors (Lipinski definition) is 3. The first kappa shape index (κ1) is 18.5. The van der Waals surface area contributed by atoms with Gasteiger partial charge in [-0.1, -0.05) is 24.3 Å². The molecule has 2 aromatic carbocycles. The number of hydrogen-bond donors (Lipinski definition) is 1. The molecule has 1 aliphatic rings. The fourth-order valence-corrected chi connectivity index (χ4v) is 3.47. The minimum Gasteiger partial charge on any atom is -0.369 e. The zero-order valence-electron chi connectivity index (χ0n) is 16.2. The lowest BCUT2D eigenvalue weighted by atomic mass is 10.1. The molecule has 0 aromatic heterocycles. The van der Waals surface area contributed by atoms with Gasteiger partial charge in [0.1, 0.15) is 0 Å². The van der Waals surface area contributed by atoms with Crippen molar-refractivity contribution in [3.8, 4) is 0 Å². The molecule has 1 atom stereocenters. The van der Waals surface area contributed by atoms with Crippen LogP contribution in [0.2, 0.25) is 0 Å². The van der Waals surface area contributed by atoms with E-state index in [0.717, 1.165) is 43.0 Å². The second-order valence-electron chi connectivity index (χ2n) is 7.35. The molecule has 2 aromatic rings. The molecule has 4 heteroatoms. The van der Waals surface area contributed by atoms with Gasteiger partial charge in [-0.25, -0.2) is 0 Å². The summed E-state index contributed by atoms with van der Waals surface area (Å²) >= 11 is 0. The zero-order chi connectivity index (χ0) is 18.7. The van der Waals surface area contributed by atoms with Crippen molar-refractivity contribution in [3.63, 3.8) is 0 Å². The number of piperazine rings is 1. The van der Waals surface area contributed by atoms with E-state index in [-0.39, 0.29) is 11.9 Å². The molecule has 1 heterocycles. The number of nitrogens with one attached hydrogen (secondary N) is 1. The van der Waals surface area contributed by atoms with E-state index >= 15 is 0 Å². The highest BCUT2D eigenvalue weighted by Crippen LogP contribution is 2.20. The van der Waals surface area contributed by atoms with Gasteiger partial charge in [-0.3, -0.25) is 9.69 Å². The minimum atomic E-state index is -0.130. The van der Waals surface area contributed by atoms with Crippen LogP contribution in [-0.4, -0.2) is 43.0 Å². The summed E-state index contributed by atoms with van der Waals surface area (Å²) in [6.45, 7) is 11.9. The number of aryl methyl sites for hydroxylation is 3. The largest absolute Gasteiger partial charge is 0.369 e. The Hall–Kier alpha value is -2.33. The van der Waals surface area contributed by atoms with Crippen molar-refractivity contribution in [3.05, 3.63) is 59.2 Å². The van der Waals surface area contributed by atoms with Gasteiger partial charge in [0.25, 0.3) is 0 Å². The molecular weight excluding hydrogens is 322 g/mol. The second kappa shape index (κ2) is 7.92. The molecule has 1 saturated heterocycles. The minimum absolute atomic E-state index is 0.0719. The predicted octanol–water partition coefficient (Wildman–Crippen LogP) is 3.76. The third-order valence-corrected chi connectivity index (χ3v) is 5.26. The van der Waals surface area contributed by atoms with Crippen LogP contribution in [0.25, 0.3) is 0 Å². The molecule has 0 radical (unpaired) electrons. The lowest BCUT2D eigenvalue weighted by molar-refractivity contribution is -0.120. The predicted molar refractivity (Wildman–Crippen MR) is 109 cm³/mol. The molecular formula is C22H29N3O. The first-order chi connectivity index (χ1) is 12.4. The number of carbonyl (C=O) groups is 1. The van der Waals surface area contributed by atoms with E-state index in [9.17, 15) is 4.79 Å². The summed E-state index contributed by atoms with van der Waals surface area (Å²) in [6, 6.07) is 14.7. The van der Waals surface area contributed by atoms with E-state index in [1.165, 1.54) is 11.3 Å². The van der Waals surface area contributed by atoms with E-state index in [0.29, 0.717) is 0 Å². The maximum absolute atomic E-state index is 12.7. The summed E-state index contributed by atoms with van der Waals surface area (Å²) in [4.78, 5) is 17.4. The molecule has 0 spiro atoms. The Labute approximate surface area is 156 Å². The summed E-state index contributed by atoms with van der Waals surface area (Å²) in [6.07, 6.45) is 0. The maximum Gasteiger partial charge on any atom is 0.241 e. The molecule has 1 amide bonds. The lowest BCUT2D eigenvalue weighted by Gasteiger charge is -2.38. The number of benzene rings is 2. The van der Waals surface area contributed by atoms with Gasteiger partial charge < -0.3 is 10.2 Å². The van der Waals surface area contributed by atoms with Crippen LogP contribution in [0.15, 0.2) is 42.5 Å². The maximum atomic E-state index is 12.7. The monoisotopic (exact) mass is 351 g/mol. The average molecular weight is 351 g/mol. The Kier molecular flexibility index (Phi) is 5.62. The Bertz CT molecular complexity index is 779. The van der Waals surface area contributed by atoms with Crippen molar-refractivity contribution in [1.29, 1.82) is 0 Å². The van der Waals surface area contributed by atoms with Crippen LogP contribution in [0, 0.1) is 20.8 Å². The van der Waals surface area contributed by atoms with Crippen molar-refractivity contribution < 1.29 is 4.79 Å². The summed E-state index contributed by atoms with van der Waals surface area (Å²) in [7, 11) is 0. The first-order valence-corrected chi connectivity index (χ1v) is 9.38. The second-order valence-corrected chi connectivity index (χ2v) is 7.35. The highest BCUT2D eigenvalue weighted by Gasteiger charge is 2.26. The third kappa shape index (κ3) is 4.25. The van der Waals surface area contributed by atoms with Gasteiger partial charge in [0, 0.05) is 37.6 Å². The van der Waals surface area contributed by atoms with Gasteiger partial charge in [-0.2, -0.15) is 0 Å². The van der Waals surface area contributed by atoms with Gasteiger partial charge >= 0.3 is 0 Å². The Morgan fingerprint density at radius 2 is 1.65 bits per heavy atom. The van der Waals surface area contributed by atoms with Crippen LogP contribution < -0.4 is 10.2 Å². The number of carbonyl (C=O) groups excluding carboxylic acids is 1. The summed E-state index contributed by atoms with van der Waals surface area (Å²) in [5.41, 5.74) is 5.73. The van der Waals surface area contributed by atoms with Crippen molar-refractivity contribution in [2.45, 2.75) is 33.7 Å². The molecule has 1 aliphatic heterocycles. The molecule has 1 N–H and O–H groups in total. The molecule has 0 saturated carbocycles. The first-order valence-electron chi connectivity index (χ1n) is 9.38. The number of nitrogens with zero attached hydrogens (tertiary/aromatic N) is 2. The number of anilines is 2. The Balaban J connectivity index is 1.58. The van der Waals surface area contributed by atoms with Gasteiger partial charge in [0.05, 0.1) is 6.04 Å². The van der Waals surface area contributed by atoms with Crippen LogP contribution >= 0.6 is 0 Å². The van der Waals surface area contributed by atoms with E-state index in [1.807, 2.05) is 26.8 Å². The normalized spacial score (nSPS) is 16.4. The van der Waals surface area contributed by atoms with Crippen LogP contribution in [0.5, 0.6) is 0 Å². The van der Waals surface area contributed by atoms with E-state index in [2.05, 4.69) is 58.4 Å². The quantitative estimate of drug-likeness (QED) is 0.911. The number of amides is 1. The SMILES string of the molecule is Cc1cccc(N2CCN(C(C)C(=O)Nc3cc(C)ccc3C)CC2)c1. The van der Waals surface area contributed by atoms with Crippen LogP contribution in [0.1, 0.15) is 23.6 Å². The fourth-order valence-electron chi connectivity index (χ4n) is 3.47. The van der Waals surface area contributed by atoms with Crippen molar-refractivity contribution in [2.24, 2.45) is 0 Å². The van der Waals surface area contributed by atoms with Crippen LogP contribution in [0.3, 0.4) is 0 Å². The Morgan fingerprint density at radius 3 is 2.35 bits per heavy atom. The van der Waals surface area contributed by atoms with E-state index < -0.39 is 0 Å². The summed E-state index contributed by atoms with van der Waals surface area (Å²) in [5, 5.41) is 3.10. The van der Waals surface area contributed by atoms with Gasteiger partial charge in [0.15, 0.2) is 0 Å². The van der Waals surface area contributed by atoms with Crippen molar-refractivity contribution in [2.75, 3.05) is 36.4 Å². The smallest absolute Gasteiger partial charge is 0.241 e. The molecule has 1 fully saturated rings. The third-order valence-electron chi connectivity index (χ3n) is 5.26. The summed E-state index contributed by atoms with van der Waals surface area (Å²) < 4.78 is 0. The van der Waals surface area contributed by atoms with Gasteiger partial charge in [0.2, 0.25) is 5.91 Å². The molecule has 0 aliphatic carbocycles. The molecule has 26 heavy (non-hydrogen) atoms. The van der Waals surface area contributed by atoms with Crippen molar-refractivity contribution >= 4 is 17.3 Å². The standard InChI is InChI=1S/C22H29N3O/c1-16-6-5-7-20(14-16)25-12-10-24(11-13-25)19(4)22(26)23-21-15-17(2)8-9-18(21)3/h5-9,14-15,19H,10-13H2,1-4H3,(H,23,26). The van der Waals surface area contributed by atoms with Crippen molar-refractivity contribution in [1.82, 2.24) is 4.90 Å². The van der Waals surface area contributed by atoms with Gasteiger partial charge in [-0.15, -0.1) is 0 Å². The molecule has 0 bridgehead atoms. The molecule has 4 nitrogen and oxygen atoms in total. The average Bonchev–Trinajstić information content (AvgIpc) is 2.64. The van der Waals surface area contributed by atoms with Crippen LogP contribution in [0.4, 0.5) is 11.4 Å². The molecule has 3 rings (SSSR count). The highest BCUT2D eigenvalue weighted by molar-refractivity contribution is 5.95. The van der Waals surface area contributed by atoms with E-state index in [4.69, 9.17) is 0 Å². The van der Waals surface area contributed by atoms with E-state index in [1.54, 1.807) is 0 Å². The highest BCUT2D eigenvalue weighted by atomic mass is 16.2.